The summed E-state index contributed by atoms with van der Waals surface area (Å²) in [4.78, 5) is 88.5. The van der Waals surface area contributed by atoms with Crippen LogP contribution < -0.4 is 5.73 Å². The van der Waals surface area contributed by atoms with Crippen molar-refractivity contribution >= 4 is 47.8 Å². The van der Waals surface area contributed by atoms with Crippen LogP contribution in [0.4, 0.5) is 0 Å². The SMILES string of the molecule is CCCC(CC)C(=O)OCC.CCCCC(=O)OCC.CCCCCC(=O)OCC.CCCCCCC(=O)OCC.CCC[C@@H](C(=O)OCC)C(C)CC.CCC[C@H](C)C(=O)OCC.CCC[C@H](CC(C)C)C(=O)OCC.CCC[C@H](CCCCN)C(=O)OCC. The average molecular weight is 1310 g/mol. The molecule has 2 N–H and O–H groups in total. The first kappa shape index (κ1) is 103. The smallest absolute Gasteiger partial charge is 0.309 e. The van der Waals surface area contributed by atoms with Gasteiger partial charge < -0.3 is 43.6 Å². The zero-order chi connectivity index (χ0) is 71.5. The Morgan fingerprint density at radius 3 is 1.00 bits per heavy atom. The first-order valence-electron chi connectivity index (χ1n) is 36.4. The molecule has 2 unspecified atom stereocenters. The van der Waals surface area contributed by atoms with Gasteiger partial charge in [0.25, 0.3) is 0 Å². The van der Waals surface area contributed by atoms with Crippen LogP contribution in [-0.2, 0) is 76.3 Å². The molecule has 17 nitrogen and oxygen atoms in total. The summed E-state index contributed by atoms with van der Waals surface area (Å²) < 4.78 is 39.0. The summed E-state index contributed by atoms with van der Waals surface area (Å²) in [5.74, 6) is 1.18. The normalized spacial score (nSPS) is 12.0. The van der Waals surface area contributed by atoms with Crippen LogP contribution in [0.25, 0.3) is 0 Å². The van der Waals surface area contributed by atoms with E-state index in [1.165, 1.54) is 12.8 Å². The lowest BCUT2D eigenvalue weighted by Gasteiger charge is -2.20. The van der Waals surface area contributed by atoms with Crippen molar-refractivity contribution in [1.82, 2.24) is 0 Å². The first-order valence-corrected chi connectivity index (χ1v) is 36.4. The Kier molecular flexibility index (Phi) is 94.6. The molecule has 0 saturated heterocycles. The number of unbranched alkanes of at least 4 members (excludes halogenated alkanes) is 7. The van der Waals surface area contributed by atoms with Crippen LogP contribution in [-0.4, -0.2) is 107 Å². The molecule has 0 aliphatic heterocycles. The molecule has 0 fully saturated rings. The van der Waals surface area contributed by atoms with Gasteiger partial charge in [-0.05, 0) is 151 Å². The van der Waals surface area contributed by atoms with E-state index in [9.17, 15) is 38.4 Å². The number of rotatable bonds is 44. The van der Waals surface area contributed by atoms with E-state index in [1.54, 1.807) is 0 Å². The Morgan fingerprint density at radius 2 is 0.637 bits per heavy atom. The molecule has 0 amide bonds. The lowest BCUT2D eigenvalue weighted by Crippen LogP contribution is -2.23. The molecule has 0 aromatic carbocycles. The summed E-state index contributed by atoms with van der Waals surface area (Å²) in [5.41, 5.74) is 5.41. The van der Waals surface area contributed by atoms with Crippen molar-refractivity contribution in [1.29, 1.82) is 0 Å². The molecule has 0 aromatic rings. The van der Waals surface area contributed by atoms with Gasteiger partial charge in [0, 0.05) is 19.3 Å². The first-order chi connectivity index (χ1) is 43.4. The third-order valence-electron chi connectivity index (χ3n) is 13.8. The molecule has 0 aliphatic carbocycles. The number of nitrogens with two attached hydrogens (primary N) is 1. The molecule has 0 aliphatic rings. The maximum atomic E-state index is 11.5. The molecule has 0 radical (unpaired) electrons. The topological polar surface area (TPSA) is 236 Å². The number of carbonyl (C=O) groups excluding carboxylic acids is 8. The van der Waals surface area contributed by atoms with Gasteiger partial charge in [-0.15, -0.1) is 0 Å². The predicted octanol–water partition coefficient (Wildman–Crippen LogP) is 18.9. The van der Waals surface area contributed by atoms with Gasteiger partial charge >= 0.3 is 47.8 Å². The van der Waals surface area contributed by atoms with E-state index in [1.807, 2.05) is 69.2 Å². The van der Waals surface area contributed by atoms with Crippen molar-refractivity contribution in [3.05, 3.63) is 0 Å². The second kappa shape index (κ2) is 83.7. The van der Waals surface area contributed by atoms with Gasteiger partial charge in [-0.3, -0.25) is 38.4 Å². The molecular weight excluding hydrogens is 1160 g/mol. The van der Waals surface area contributed by atoms with Crippen LogP contribution >= 0.6 is 0 Å². The van der Waals surface area contributed by atoms with E-state index in [0.717, 1.165) is 148 Å². The van der Waals surface area contributed by atoms with Crippen LogP contribution in [0.1, 0.15) is 332 Å². The summed E-state index contributed by atoms with van der Waals surface area (Å²) in [7, 11) is 0. The number of hydrogen-bond donors (Lipinski definition) is 1. The minimum Gasteiger partial charge on any atom is -0.466 e. The van der Waals surface area contributed by atoms with Crippen LogP contribution in [0.2, 0.25) is 0 Å². The molecule has 0 saturated carbocycles. The third kappa shape index (κ3) is 79.9. The molecule has 0 heterocycles. The Bertz CT molecular complexity index is 1590. The van der Waals surface area contributed by atoms with Crippen LogP contribution in [0.15, 0.2) is 0 Å². The highest BCUT2D eigenvalue weighted by molar-refractivity contribution is 5.74. The maximum Gasteiger partial charge on any atom is 0.309 e. The van der Waals surface area contributed by atoms with Crippen LogP contribution in [0, 0.1) is 41.4 Å². The monoisotopic (exact) mass is 1310 g/mol. The fourth-order valence-electron chi connectivity index (χ4n) is 8.68. The molecule has 0 bridgehead atoms. The fraction of sp³-hybridized carbons (Fsp3) is 0.892. The van der Waals surface area contributed by atoms with Crippen molar-refractivity contribution in [3.8, 4) is 0 Å². The lowest BCUT2D eigenvalue weighted by atomic mass is 9.88. The van der Waals surface area contributed by atoms with Crippen LogP contribution in [0.3, 0.4) is 0 Å². The van der Waals surface area contributed by atoms with Gasteiger partial charge in [-0.1, -0.05) is 180 Å². The van der Waals surface area contributed by atoms with E-state index >= 15 is 0 Å². The summed E-state index contributed by atoms with van der Waals surface area (Å²) >= 11 is 0. The summed E-state index contributed by atoms with van der Waals surface area (Å²) in [5, 5.41) is 0. The van der Waals surface area contributed by atoms with Gasteiger partial charge in [-0.25, -0.2) is 0 Å². The number of ether oxygens (including phenoxy) is 8. The summed E-state index contributed by atoms with van der Waals surface area (Å²) in [6, 6.07) is 0. The standard InChI is InChI=1S/C11H23NO2.2C11H22O2.2C9H18O2.2C8H16O2.C7H14O2/c1-3-7-10(8-5-6-9-12)11(13)14-4-2;1-5-7-10(8-9(3)4)11(12)13-6-2;1-5-8-10(9(4)6-2)11(12)13-7-3;1-4-7-8(5-2)9(10)11-6-3;1-3-5-6-7-8-9(10)11-4-2;1-4-6-7(3)8(9)10-5-2;1-3-5-6-7-8(9)10-4-2;1-3-5-6-7(8)9-4-2/h10H,3-9,12H2,1-2H3;2*9-10H,5-8H2,1-4H3;8H,4-7H2,1-3H3;3-8H2,1-2H3;7H,4-6H2,1-3H3;3-7H2,1-2H3;3-6H2,1-2H3/t2*10-;9?,10-;;;7-;;/m111..0../s1. The number of hydrogen-bond acceptors (Lipinski definition) is 17. The zero-order valence-corrected chi connectivity index (χ0v) is 63.3. The largest absolute Gasteiger partial charge is 0.466 e. The van der Waals surface area contributed by atoms with E-state index in [-0.39, 0.29) is 77.3 Å². The second-order valence-corrected chi connectivity index (χ2v) is 22.8. The van der Waals surface area contributed by atoms with Crippen molar-refractivity contribution in [2.24, 2.45) is 47.2 Å². The van der Waals surface area contributed by atoms with Gasteiger partial charge in [-0.2, -0.15) is 0 Å². The Labute approximate surface area is 560 Å². The zero-order valence-electron chi connectivity index (χ0n) is 63.3. The van der Waals surface area contributed by atoms with Crippen LogP contribution in [0.5, 0.6) is 0 Å². The van der Waals surface area contributed by atoms with E-state index in [4.69, 9.17) is 43.6 Å². The predicted molar refractivity (Wildman–Crippen MR) is 375 cm³/mol. The van der Waals surface area contributed by atoms with Gasteiger partial charge in [0.1, 0.15) is 0 Å². The van der Waals surface area contributed by atoms with Crippen molar-refractivity contribution < 1.29 is 76.3 Å². The molecule has 0 rings (SSSR count). The van der Waals surface area contributed by atoms with Gasteiger partial charge in [0.05, 0.1) is 82.4 Å². The summed E-state index contributed by atoms with van der Waals surface area (Å²) in [6.45, 7) is 48.7. The Balaban J connectivity index is -0.000000145. The number of esters is 8. The third-order valence-corrected chi connectivity index (χ3v) is 13.8. The van der Waals surface area contributed by atoms with Gasteiger partial charge in [0.2, 0.25) is 0 Å². The van der Waals surface area contributed by atoms with Crippen molar-refractivity contribution in [2.45, 2.75) is 332 Å². The molecule has 0 aromatic heterocycles. The van der Waals surface area contributed by atoms with E-state index < -0.39 is 0 Å². The molecular formula is C74H149NO16. The van der Waals surface area contributed by atoms with E-state index in [0.29, 0.717) is 90.5 Å². The minimum absolute atomic E-state index is 0.0151. The fourth-order valence-corrected chi connectivity index (χ4v) is 8.68. The average Bonchev–Trinajstić information content (AvgIpc) is 3.65. The quantitative estimate of drug-likeness (QED) is 0.0339. The number of carbonyl (C=O) groups is 8. The summed E-state index contributed by atoms with van der Waals surface area (Å²) in [6.07, 6.45) is 27.3. The molecule has 6 atom stereocenters. The van der Waals surface area contributed by atoms with Crippen molar-refractivity contribution in [2.75, 3.05) is 59.4 Å². The Morgan fingerprint density at radius 1 is 0.297 bits per heavy atom. The van der Waals surface area contributed by atoms with Crippen molar-refractivity contribution in [3.63, 3.8) is 0 Å². The highest BCUT2D eigenvalue weighted by Crippen LogP contribution is 2.22. The molecule has 17 heteroatoms. The van der Waals surface area contributed by atoms with Gasteiger partial charge in [0.15, 0.2) is 0 Å². The van der Waals surface area contributed by atoms with E-state index in [2.05, 4.69) is 83.1 Å². The second-order valence-electron chi connectivity index (χ2n) is 22.8. The lowest BCUT2D eigenvalue weighted by molar-refractivity contribution is -0.150. The highest BCUT2D eigenvalue weighted by atomic mass is 16.6. The molecule has 546 valence electrons. The minimum atomic E-state index is -0.0700. The maximum absolute atomic E-state index is 11.5. The molecule has 91 heavy (non-hydrogen) atoms. The Hall–Kier alpha value is -4.28. The highest BCUT2D eigenvalue weighted by Gasteiger charge is 2.24. The molecule has 0 spiro atoms.